The fraction of sp³-hybridized carbons (Fsp3) is 0.375. The van der Waals surface area contributed by atoms with Crippen LogP contribution in [-0.2, 0) is 16.8 Å². The fourth-order valence-electron chi connectivity index (χ4n) is 4.97. The molecule has 0 radical (unpaired) electrons. The van der Waals surface area contributed by atoms with E-state index >= 15 is 0 Å². The van der Waals surface area contributed by atoms with Crippen LogP contribution in [0.1, 0.15) is 49.8 Å². The molecule has 3 aromatic rings. The van der Waals surface area contributed by atoms with Crippen LogP contribution in [-0.4, -0.2) is 43.1 Å². The number of hydrogen-bond donors (Lipinski definition) is 2. The Kier molecular flexibility index (Phi) is 4.80. The maximum atomic E-state index is 13.1. The minimum absolute atomic E-state index is 0.0897. The van der Waals surface area contributed by atoms with Gasteiger partial charge in [-0.2, -0.15) is 5.10 Å². The summed E-state index contributed by atoms with van der Waals surface area (Å²) in [5.41, 5.74) is 8.57. The van der Waals surface area contributed by atoms with E-state index in [9.17, 15) is 9.90 Å². The molecule has 1 amide bonds. The van der Waals surface area contributed by atoms with E-state index in [0.29, 0.717) is 24.3 Å². The number of amides is 1. The summed E-state index contributed by atoms with van der Waals surface area (Å²) in [6, 6.07) is 11.8. The van der Waals surface area contributed by atoms with E-state index in [2.05, 4.69) is 11.2 Å². The molecule has 8 heteroatoms. The molecule has 2 aromatic heterocycles. The summed E-state index contributed by atoms with van der Waals surface area (Å²) in [6.07, 6.45) is 5.54. The molecule has 2 aliphatic rings. The number of benzene rings is 1. The molecule has 1 fully saturated rings. The number of nitrogens with two attached hydrogens (primary N) is 1. The number of hydrogen-bond acceptors (Lipinski definition) is 5. The number of aromatic nitrogens is 2. The Morgan fingerprint density at radius 2 is 2.03 bits per heavy atom. The molecule has 1 aliphatic carbocycles. The van der Waals surface area contributed by atoms with Crippen LogP contribution in [0.15, 0.2) is 53.8 Å². The molecule has 0 saturated heterocycles. The van der Waals surface area contributed by atoms with Crippen molar-refractivity contribution in [2.24, 2.45) is 10.7 Å². The molecule has 1 saturated carbocycles. The largest absolute Gasteiger partial charge is 0.390 e. The highest BCUT2D eigenvalue weighted by molar-refractivity contribution is 6.32. The Labute approximate surface area is 191 Å². The summed E-state index contributed by atoms with van der Waals surface area (Å²) >= 11 is 6.86. The number of carbonyl (C=O) groups is 1. The lowest BCUT2D eigenvalue weighted by Crippen LogP contribution is -2.61. The van der Waals surface area contributed by atoms with Crippen molar-refractivity contribution < 1.29 is 9.90 Å². The highest BCUT2D eigenvalue weighted by atomic mass is 35.5. The Morgan fingerprint density at radius 3 is 2.75 bits per heavy atom. The second kappa shape index (κ2) is 7.32. The van der Waals surface area contributed by atoms with Gasteiger partial charge in [-0.15, -0.1) is 0 Å². The lowest BCUT2D eigenvalue weighted by Gasteiger charge is -2.48. The Bertz CT molecular complexity index is 1240. The number of fused-ring (bicyclic) bond motifs is 1. The first-order valence-corrected chi connectivity index (χ1v) is 11.1. The molecule has 3 heterocycles. The van der Waals surface area contributed by atoms with Gasteiger partial charge in [-0.1, -0.05) is 29.8 Å². The minimum atomic E-state index is -0.841. The van der Waals surface area contributed by atoms with Crippen LogP contribution < -0.4 is 5.73 Å². The first-order valence-electron chi connectivity index (χ1n) is 10.8. The van der Waals surface area contributed by atoms with Crippen LogP contribution in [0.25, 0.3) is 5.52 Å². The fourth-order valence-corrected chi connectivity index (χ4v) is 5.36. The Hall–Kier alpha value is -2.90. The minimum Gasteiger partial charge on any atom is -0.390 e. The van der Waals surface area contributed by atoms with Gasteiger partial charge in [0.15, 0.2) is 5.96 Å². The lowest BCUT2D eigenvalue weighted by atomic mass is 9.75. The van der Waals surface area contributed by atoms with Crippen molar-refractivity contribution in [1.82, 2.24) is 14.5 Å². The zero-order valence-corrected chi connectivity index (χ0v) is 18.9. The van der Waals surface area contributed by atoms with E-state index in [1.54, 1.807) is 13.1 Å². The number of aliphatic imine (C=N–C) groups is 1. The zero-order chi connectivity index (χ0) is 22.7. The van der Waals surface area contributed by atoms with Gasteiger partial charge in [-0.3, -0.25) is 9.69 Å². The Morgan fingerprint density at radius 1 is 1.25 bits per heavy atom. The molecule has 166 valence electrons. The summed E-state index contributed by atoms with van der Waals surface area (Å²) in [5.74, 6) is 0.102. The smallest absolute Gasteiger partial charge is 0.232 e. The lowest BCUT2D eigenvalue weighted by molar-refractivity contribution is -0.138. The van der Waals surface area contributed by atoms with E-state index in [4.69, 9.17) is 22.3 Å². The molecule has 1 atom stereocenters. The van der Waals surface area contributed by atoms with Gasteiger partial charge < -0.3 is 10.8 Å². The molecular weight excluding hydrogens is 426 g/mol. The SMILES string of the molecule is CC1(O)CC(N2C(=O)C[C@@](C)(c3cccc(Cc4ccn5nccc5c4)c3Cl)N=C2N)C1. The molecule has 0 spiro atoms. The van der Waals surface area contributed by atoms with Crippen LogP contribution in [0.5, 0.6) is 0 Å². The number of halogens is 1. The van der Waals surface area contributed by atoms with E-state index < -0.39 is 11.1 Å². The van der Waals surface area contributed by atoms with Crippen molar-refractivity contribution in [2.45, 2.75) is 56.7 Å². The molecule has 3 N–H and O–H groups in total. The van der Waals surface area contributed by atoms with E-state index in [1.165, 1.54) is 4.90 Å². The second-order valence-corrected chi connectivity index (χ2v) is 9.81. The second-order valence-electron chi connectivity index (χ2n) is 9.43. The molecule has 0 bridgehead atoms. The first-order chi connectivity index (χ1) is 15.2. The average molecular weight is 452 g/mol. The molecule has 0 unspecified atom stereocenters. The van der Waals surface area contributed by atoms with Crippen LogP contribution in [0.2, 0.25) is 5.02 Å². The molecule has 7 nitrogen and oxygen atoms in total. The van der Waals surface area contributed by atoms with E-state index in [0.717, 1.165) is 22.2 Å². The van der Waals surface area contributed by atoms with Gasteiger partial charge in [0.25, 0.3) is 0 Å². The Balaban J connectivity index is 1.44. The van der Waals surface area contributed by atoms with E-state index in [-0.39, 0.29) is 24.3 Å². The van der Waals surface area contributed by atoms with Gasteiger partial charge >= 0.3 is 0 Å². The normalized spacial score (nSPS) is 28.0. The van der Waals surface area contributed by atoms with Gasteiger partial charge in [0.05, 0.1) is 23.1 Å². The third-order valence-corrected chi connectivity index (χ3v) is 7.05. The first kappa shape index (κ1) is 21.0. The van der Waals surface area contributed by atoms with Crippen molar-refractivity contribution in [2.75, 3.05) is 0 Å². The molecule has 32 heavy (non-hydrogen) atoms. The number of nitrogens with zero attached hydrogens (tertiary/aromatic N) is 4. The molecule has 1 aliphatic heterocycles. The molecular formula is C24H26ClN5O2. The zero-order valence-electron chi connectivity index (χ0n) is 18.1. The topological polar surface area (TPSA) is 96.2 Å². The summed E-state index contributed by atoms with van der Waals surface area (Å²) in [5, 5.41) is 14.9. The number of rotatable bonds is 4. The van der Waals surface area contributed by atoms with Crippen molar-refractivity contribution in [1.29, 1.82) is 0 Å². The van der Waals surface area contributed by atoms with E-state index in [1.807, 2.05) is 48.0 Å². The third-order valence-electron chi connectivity index (χ3n) is 6.61. The molecule has 5 rings (SSSR count). The number of pyridine rings is 1. The number of carbonyl (C=O) groups excluding carboxylic acids is 1. The third kappa shape index (κ3) is 3.55. The van der Waals surface area contributed by atoms with Gasteiger partial charge in [0.1, 0.15) is 0 Å². The highest BCUT2D eigenvalue weighted by Crippen LogP contribution is 2.42. The number of guanidine groups is 1. The van der Waals surface area contributed by atoms with Gasteiger partial charge in [-0.05, 0) is 68.0 Å². The monoisotopic (exact) mass is 451 g/mol. The maximum Gasteiger partial charge on any atom is 0.232 e. The van der Waals surface area contributed by atoms with Gasteiger partial charge in [0.2, 0.25) is 5.91 Å². The predicted octanol–water partition coefficient (Wildman–Crippen LogP) is 3.25. The number of aliphatic hydroxyl groups is 1. The average Bonchev–Trinajstić information content (AvgIpc) is 3.15. The molecule has 1 aromatic carbocycles. The predicted molar refractivity (Wildman–Crippen MR) is 124 cm³/mol. The summed E-state index contributed by atoms with van der Waals surface area (Å²) in [7, 11) is 0. The van der Waals surface area contributed by atoms with Gasteiger partial charge in [-0.25, -0.2) is 9.51 Å². The standard InChI is InChI=1S/C24H26ClN5O2/c1-23(32)12-18(13-23)30-20(31)14-24(2,28-22(30)26)19-5-3-4-16(21(19)25)10-15-7-9-29-17(11-15)6-8-27-29/h3-9,11,18,32H,10,12-14H2,1-2H3,(H2,26,28)/t18?,23?,24-/m0/s1. The quantitative estimate of drug-likeness (QED) is 0.636. The summed E-state index contributed by atoms with van der Waals surface area (Å²) in [4.78, 5) is 19.3. The van der Waals surface area contributed by atoms with Crippen molar-refractivity contribution >= 4 is 29.0 Å². The highest BCUT2D eigenvalue weighted by Gasteiger charge is 2.48. The van der Waals surface area contributed by atoms with Crippen LogP contribution in [0.4, 0.5) is 0 Å². The van der Waals surface area contributed by atoms with Crippen LogP contribution in [0.3, 0.4) is 0 Å². The maximum absolute atomic E-state index is 13.1. The van der Waals surface area contributed by atoms with Crippen molar-refractivity contribution in [3.8, 4) is 0 Å². The van der Waals surface area contributed by atoms with Crippen LogP contribution >= 0.6 is 11.6 Å². The van der Waals surface area contributed by atoms with Crippen molar-refractivity contribution in [3.05, 3.63) is 70.5 Å². The van der Waals surface area contributed by atoms with Gasteiger partial charge in [0, 0.05) is 23.5 Å². The summed E-state index contributed by atoms with van der Waals surface area (Å²) in [6.45, 7) is 3.67. The van der Waals surface area contributed by atoms with Crippen LogP contribution in [0, 0.1) is 0 Å². The summed E-state index contributed by atoms with van der Waals surface area (Å²) < 4.78 is 1.82. The van der Waals surface area contributed by atoms with Crippen molar-refractivity contribution in [3.63, 3.8) is 0 Å².